The molecule has 2 rings (SSSR count). The van der Waals surface area contributed by atoms with Gasteiger partial charge in [-0.25, -0.2) is 0 Å². The molecule has 0 aromatic heterocycles. The summed E-state index contributed by atoms with van der Waals surface area (Å²) in [7, 11) is 3.23. The molecule has 4 heteroatoms. The average molecular weight is 426 g/mol. The minimum Gasteiger partial charge on any atom is -0.500 e. The van der Waals surface area contributed by atoms with Crippen LogP contribution < -0.4 is 16.8 Å². The van der Waals surface area contributed by atoms with Gasteiger partial charge in [0.05, 0.1) is 12.6 Å². The van der Waals surface area contributed by atoms with Gasteiger partial charge in [-0.05, 0) is 75.4 Å². The lowest BCUT2D eigenvalue weighted by atomic mass is 9.69. The molecule has 180 valence electrons. The first-order chi connectivity index (χ1) is 14.3. The topological polar surface area (TPSA) is 73.3 Å². The zero-order valence-electron chi connectivity index (χ0n) is 21.5. The molecule has 3 atom stereocenters. The third kappa shape index (κ3) is 9.70. The summed E-state index contributed by atoms with van der Waals surface area (Å²) in [6, 6.07) is 0. The Hall–Kier alpha value is -0.580. The fraction of sp³-hybridized carbons (Fsp3) is 0.923. The van der Waals surface area contributed by atoms with E-state index in [1.54, 1.807) is 7.11 Å². The van der Waals surface area contributed by atoms with Crippen LogP contribution >= 0.6 is 0 Å². The van der Waals surface area contributed by atoms with Crippen LogP contribution in [0.15, 0.2) is 12.3 Å². The molecule has 0 bridgehead atoms. The molecule has 0 radical (unpaired) electrons. The van der Waals surface area contributed by atoms with Gasteiger partial charge in [0.1, 0.15) is 5.76 Å². The zero-order valence-corrected chi connectivity index (χ0v) is 21.5. The lowest BCUT2D eigenvalue weighted by Crippen LogP contribution is -2.47. The lowest BCUT2D eigenvalue weighted by molar-refractivity contribution is 0.127. The minimum atomic E-state index is -0.387. The molecule has 1 heterocycles. The highest BCUT2D eigenvalue weighted by Gasteiger charge is 2.36. The van der Waals surface area contributed by atoms with Crippen molar-refractivity contribution in [2.24, 2.45) is 34.6 Å². The van der Waals surface area contributed by atoms with Crippen molar-refractivity contribution >= 4 is 0 Å². The molecule has 5 N–H and O–H groups in total. The van der Waals surface area contributed by atoms with Crippen LogP contribution in [-0.4, -0.2) is 32.8 Å². The number of nitrogens with two attached hydrogens (primary N) is 2. The van der Waals surface area contributed by atoms with E-state index in [2.05, 4.69) is 38.4 Å². The standard InChI is InChI=1S/C23H44N2O.C2H6.CH5N/c1-18-15-21(17-25-14-13-22(18,3)4)16-23(24,19(2)26-5)12-11-20-9-7-6-8-10-20;2*1-2/h18,20-21,25H,2,6-17,24H2,1,3-5H3;1-2H3;2H2,1H3. The van der Waals surface area contributed by atoms with Crippen LogP contribution in [0.25, 0.3) is 0 Å². The van der Waals surface area contributed by atoms with Crippen molar-refractivity contribution in [3.05, 3.63) is 12.3 Å². The molecule has 0 aromatic carbocycles. The Labute approximate surface area is 189 Å². The molecule has 2 aliphatic rings. The Bertz CT molecular complexity index is 446. The highest BCUT2D eigenvalue weighted by molar-refractivity contribution is 5.10. The smallest absolute Gasteiger partial charge is 0.108 e. The molecule has 1 aliphatic heterocycles. The quantitative estimate of drug-likeness (QED) is 0.447. The molecule has 4 nitrogen and oxygen atoms in total. The molecule has 2 fully saturated rings. The number of nitrogens with one attached hydrogen (secondary N) is 1. The molecule has 30 heavy (non-hydrogen) atoms. The second kappa shape index (κ2) is 15.3. The van der Waals surface area contributed by atoms with Gasteiger partial charge in [0.25, 0.3) is 0 Å². The van der Waals surface area contributed by atoms with Gasteiger partial charge in [0.2, 0.25) is 0 Å². The highest BCUT2D eigenvalue weighted by atomic mass is 16.5. The van der Waals surface area contributed by atoms with Gasteiger partial charge in [-0.3, -0.25) is 0 Å². The largest absolute Gasteiger partial charge is 0.500 e. The first kappa shape index (κ1) is 29.4. The Morgan fingerprint density at radius 3 is 2.30 bits per heavy atom. The summed E-state index contributed by atoms with van der Waals surface area (Å²) < 4.78 is 5.58. The Morgan fingerprint density at radius 1 is 1.13 bits per heavy atom. The van der Waals surface area contributed by atoms with Gasteiger partial charge in [0.15, 0.2) is 0 Å². The number of methoxy groups -OCH3 is 1. The maximum atomic E-state index is 6.95. The Kier molecular flexibility index (Phi) is 15.0. The summed E-state index contributed by atoms with van der Waals surface area (Å²) in [6.45, 7) is 17.6. The zero-order chi connectivity index (χ0) is 23.2. The maximum Gasteiger partial charge on any atom is 0.108 e. The molecule has 0 aromatic rings. The summed E-state index contributed by atoms with van der Waals surface area (Å²) in [5.41, 5.74) is 11.5. The first-order valence-electron chi connectivity index (χ1n) is 12.6. The van der Waals surface area contributed by atoms with Gasteiger partial charge in [-0.2, -0.15) is 0 Å². The van der Waals surface area contributed by atoms with Gasteiger partial charge >= 0.3 is 0 Å². The van der Waals surface area contributed by atoms with Crippen molar-refractivity contribution in [3.63, 3.8) is 0 Å². The van der Waals surface area contributed by atoms with Gasteiger partial charge in [0, 0.05) is 0 Å². The molecular formula is C26H55N3O. The summed E-state index contributed by atoms with van der Waals surface area (Å²) in [5, 5.41) is 3.67. The van der Waals surface area contributed by atoms with Crippen molar-refractivity contribution in [1.29, 1.82) is 0 Å². The number of hydrogen-bond donors (Lipinski definition) is 3. The Balaban J connectivity index is 0.00000198. The molecule has 1 aliphatic carbocycles. The second-order valence-corrected chi connectivity index (χ2v) is 9.98. The highest BCUT2D eigenvalue weighted by Crippen LogP contribution is 2.39. The van der Waals surface area contributed by atoms with E-state index in [0.29, 0.717) is 17.3 Å². The van der Waals surface area contributed by atoms with E-state index in [1.165, 1.54) is 58.4 Å². The van der Waals surface area contributed by atoms with E-state index >= 15 is 0 Å². The van der Waals surface area contributed by atoms with E-state index in [-0.39, 0.29) is 5.54 Å². The van der Waals surface area contributed by atoms with Crippen molar-refractivity contribution in [2.45, 2.75) is 104 Å². The molecule has 1 saturated carbocycles. The molecular weight excluding hydrogens is 370 g/mol. The van der Waals surface area contributed by atoms with Crippen LogP contribution in [0.1, 0.15) is 98.8 Å². The van der Waals surface area contributed by atoms with Crippen LogP contribution in [0, 0.1) is 23.2 Å². The monoisotopic (exact) mass is 425 g/mol. The number of rotatable bonds is 7. The number of hydrogen-bond acceptors (Lipinski definition) is 4. The molecule has 0 spiro atoms. The van der Waals surface area contributed by atoms with E-state index in [9.17, 15) is 0 Å². The normalized spacial score (nSPS) is 26.4. The summed E-state index contributed by atoms with van der Waals surface area (Å²) in [6.07, 6.45) is 12.7. The van der Waals surface area contributed by atoms with E-state index < -0.39 is 0 Å². The van der Waals surface area contributed by atoms with Gasteiger partial charge in [-0.15, -0.1) is 0 Å². The fourth-order valence-electron chi connectivity index (χ4n) is 5.03. The van der Waals surface area contributed by atoms with Crippen LogP contribution in [0.2, 0.25) is 0 Å². The summed E-state index contributed by atoms with van der Waals surface area (Å²) in [4.78, 5) is 0. The third-order valence-corrected chi connectivity index (χ3v) is 7.58. The molecule has 1 saturated heterocycles. The fourth-order valence-corrected chi connectivity index (χ4v) is 5.03. The van der Waals surface area contributed by atoms with E-state index in [1.807, 2.05) is 13.8 Å². The summed E-state index contributed by atoms with van der Waals surface area (Å²) >= 11 is 0. The lowest BCUT2D eigenvalue weighted by Gasteiger charge is -2.41. The minimum absolute atomic E-state index is 0.387. The SMILES string of the molecule is C=C(OC)C(N)(CCC1CCCCC1)CC1CNCCC(C)(C)C(C)C1.CC.CN. The van der Waals surface area contributed by atoms with Gasteiger partial charge in [-0.1, -0.05) is 73.3 Å². The predicted octanol–water partition coefficient (Wildman–Crippen LogP) is 5.86. The van der Waals surface area contributed by atoms with Crippen LogP contribution in [0.3, 0.4) is 0 Å². The first-order valence-corrected chi connectivity index (χ1v) is 12.6. The molecule has 0 amide bonds. The van der Waals surface area contributed by atoms with E-state index in [4.69, 9.17) is 10.5 Å². The average Bonchev–Trinajstić information content (AvgIpc) is 2.77. The second-order valence-electron chi connectivity index (χ2n) is 9.98. The maximum absolute atomic E-state index is 6.95. The Morgan fingerprint density at radius 2 is 1.73 bits per heavy atom. The number of ether oxygens (including phenoxy) is 1. The summed E-state index contributed by atoms with van der Waals surface area (Å²) in [5.74, 6) is 2.94. The van der Waals surface area contributed by atoms with Crippen LogP contribution in [-0.2, 0) is 4.74 Å². The molecule has 3 unspecified atom stereocenters. The van der Waals surface area contributed by atoms with Gasteiger partial charge < -0.3 is 21.5 Å². The van der Waals surface area contributed by atoms with E-state index in [0.717, 1.165) is 37.6 Å². The van der Waals surface area contributed by atoms with Crippen molar-refractivity contribution in [3.8, 4) is 0 Å². The predicted molar refractivity (Wildman–Crippen MR) is 133 cm³/mol. The van der Waals surface area contributed by atoms with Crippen LogP contribution in [0.4, 0.5) is 0 Å². The van der Waals surface area contributed by atoms with Crippen LogP contribution in [0.5, 0.6) is 0 Å². The third-order valence-electron chi connectivity index (χ3n) is 7.58. The van der Waals surface area contributed by atoms with Crippen molar-refractivity contribution in [1.82, 2.24) is 5.32 Å². The van der Waals surface area contributed by atoms with Crippen molar-refractivity contribution in [2.75, 3.05) is 27.2 Å². The van der Waals surface area contributed by atoms with Crippen molar-refractivity contribution < 1.29 is 4.74 Å².